The van der Waals surface area contributed by atoms with E-state index >= 15 is 0 Å². The van der Waals surface area contributed by atoms with E-state index in [0.717, 1.165) is 52.4 Å². The maximum Gasteiger partial charge on any atom is 0.141 e. The predicted molar refractivity (Wildman–Crippen MR) is 143 cm³/mol. The highest BCUT2D eigenvalue weighted by Gasteiger charge is 2.18. The van der Waals surface area contributed by atoms with E-state index < -0.39 is 0 Å². The number of rotatable bonds is 8. The Hall–Kier alpha value is -4.30. The Labute approximate surface area is 210 Å². The lowest BCUT2D eigenvalue weighted by Gasteiger charge is -2.17. The molecule has 1 saturated heterocycles. The van der Waals surface area contributed by atoms with Gasteiger partial charge in [0.15, 0.2) is 0 Å². The minimum absolute atomic E-state index is 0.0770. The summed E-state index contributed by atoms with van der Waals surface area (Å²) in [4.78, 5) is 10.7. The van der Waals surface area contributed by atoms with Crippen molar-refractivity contribution in [2.24, 2.45) is 0 Å². The maximum atomic E-state index is 6.19. The van der Waals surface area contributed by atoms with Crippen LogP contribution in [0.2, 0.25) is 0 Å². The van der Waals surface area contributed by atoms with Gasteiger partial charge in [-0.2, -0.15) is 0 Å². The van der Waals surface area contributed by atoms with Gasteiger partial charge < -0.3 is 30.2 Å². The predicted octanol–water partition coefficient (Wildman–Crippen LogP) is 5.80. The van der Waals surface area contributed by atoms with Gasteiger partial charge in [-0.05, 0) is 67.2 Å². The van der Waals surface area contributed by atoms with Gasteiger partial charge in [-0.3, -0.25) is 0 Å². The van der Waals surface area contributed by atoms with Crippen LogP contribution >= 0.6 is 0 Å². The van der Waals surface area contributed by atoms with Crippen LogP contribution in [0.5, 0.6) is 17.2 Å². The number of ether oxygens (including phenoxy) is 3. The number of aryl methyl sites for hydroxylation is 1. The molecule has 1 atom stereocenters. The van der Waals surface area contributed by atoms with Crippen molar-refractivity contribution in [3.8, 4) is 17.2 Å². The van der Waals surface area contributed by atoms with Crippen molar-refractivity contribution in [2.45, 2.75) is 19.4 Å². The van der Waals surface area contributed by atoms with Crippen molar-refractivity contribution in [1.29, 1.82) is 0 Å². The average Bonchev–Trinajstić information content (AvgIpc) is 3.39. The van der Waals surface area contributed by atoms with Crippen molar-refractivity contribution in [1.82, 2.24) is 9.97 Å². The van der Waals surface area contributed by atoms with E-state index in [9.17, 15) is 0 Å². The number of nitrogens with two attached hydrogens (primary N) is 1. The van der Waals surface area contributed by atoms with E-state index in [0.29, 0.717) is 23.9 Å². The molecule has 0 spiro atoms. The number of nitrogens with one attached hydrogen (secondary N) is 1. The van der Waals surface area contributed by atoms with Gasteiger partial charge in [0.1, 0.15) is 35.5 Å². The van der Waals surface area contributed by atoms with Crippen molar-refractivity contribution in [3.05, 3.63) is 79.3 Å². The van der Waals surface area contributed by atoms with Gasteiger partial charge in [-0.25, -0.2) is 9.97 Å². The molecule has 0 unspecified atom stereocenters. The summed E-state index contributed by atoms with van der Waals surface area (Å²) >= 11 is 0. The van der Waals surface area contributed by atoms with Crippen molar-refractivity contribution >= 4 is 33.8 Å². The van der Waals surface area contributed by atoms with Gasteiger partial charge in [0, 0.05) is 30.6 Å². The van der Waals surface area contributed by atoms with Crippen LogP contribution in [0.15, 0.2) is 73.7 Å². The molecule has 8 heteroatoms. The van der Waals surface area contributed by atoms with Gasteiger partial charge in [-0.15, -0.1) is 0 Å². The molecular weight excluding hydrogens is 454 g/mol. The molecule has 1 aromatic heterocycles. The second kappa shape index (κ2) is 10.1. The second-order valence-electron chi connectivity index (χ2n) is 8.73. The molecule has 1 fully saturated rings. The molecule has 5 rings (SSSR count). The molecule has 0 saturated carbocycles. The quantitative estimate of drug-likeness (QED) is 0.304. The van der Waals surface area contributed by atoms with E-state index in [-0.39, 0.29) is 6.10 Å². The molecule has 2 heterocycles. The summed E-state index contributed by atoms with van der Waals surface area (Å²) in [5.74, 6) is 2.89. The SMILES string of the molecule is C=CN(C)c1ccc(Oc2ccc(Nc3ncnc4ccc(O[C@H]5CCOC5)cc34)cc2C)cc1N. The molecular formula is C28H29N5O3. The molecule has 0 amide bonds. The molecule has 4 aromatic rings. The van der Waals surface area contributed by atoms with Crippen LogP contribution in [0.25, 0.3) is 10.9 Å². The van der Waals surface area contributed by atoms with E-state index in [1.54, 1.807) is 12.5 Å². The lowest BCUT2D eigenvalue weighted by molar-refractivity contribution is 0.141. The number of hydrogen-bond donors (Lipinski definition) is 2. The fourth-order valence-electron chi connectivity index (χ4n) is 4.13. The van der Waals surface area contributed by atoms with Crippen LogP contribution in [-0.2, 0) is 4.74 Å². The molecule has 36 heavy (non-hydrogen) atoms. The Kier molecular flexibility index (Phi) is 6.60. The summed E-state index contributed by atoms with van der Waals surface area (Å²) in [5, 5.41) is 4.29. The zero-order valence-corrected chi connectivity index (χ0v) is 20.4. The van der Waals surface area contributed by atoms with Crippen LogP contribution < -0.4 is 25.4 Å². The van der Waals surface area contributed by atoms with Crippen LogP contribution in [0.3, 0.4) is 0 Å². The van der Waals surface area contributed by atoms with Crippen LogP contribution in [0.4, 0.5) is 22.9 Å². The number of nitrogen functional groups attached to an aromatic ring is 1. The van der Waals surface area contributed by atoms with Gasteiger partial charge in [0.25, 0.3) is 0 Å². The molecule has 3 N–H and O–H groups in total. The zero-order valence-electron chi connectivity index (χ0n) is 20.4. The van der Waals surface area contributed by atoms with Gasteiger partial charge >= 0.3 is 0 Å². The first-order valence-electron chi connectivity index (χ1n) is 11.8. The Morgan fingerprint density at radius 1 is 1.11 bits per heavy atom. The molecule has 3 aromatic carbocycles. The summed E-state index contributed by atoms with van der Waals surface area (Å²) in [7, 11) is 1.90. The minimum atomic E-state index is 0.0770. The maximum absolute atomic E-state index is 6.19. The van der Waals surface area contributed by atoms with Crippen molar-refractivity contribution in [2.75, 3.05) is 36.2 Å². The topological polar surface area (TPSA) is 94.8 Å². The lowest BCUT2D eigenvalue weighted by atomic mass is 10.1. The largest absolute Gasteiger partial charge is 0.488 e. The first-order valence-corrected chi connectivity index (χ1v) is 11.8. The Morgan fingerprint density at radius 2 is 1.97 bits per heavy atom. The van der Waals surface area contributed by atoms with Crippen LogP contribution in [0.1, 0.15) is 12.0 Å². The summed E-state index contributed by atoms with van der Waals surface area (Å²) in [5.41, 5.74) is 10.4. The Bertz CT molecular complexity index is 1400. The van der Waals surface area contributed by atoms with Gasteiger partial charge in [0.05, 0.1) is 30.1 Å². The van der Waals surface area contributed by atoms with Crippen LogP contribution in [-0.4, -0.2) is 36.3 Å². The highest BCUT2D eigenvalue weighted by molar-refractivity contribution is 5.91. The number of fused-ring (bicyclic) bond motifs is 1. The number of anilines is 4. The molecule has 0 aliphatic carbocycles. The van der Waals surface area contributed by atoms with E-state index in [1.807, 2.05) is 73.5 Å². The van der Waals surface area contributed by atoms with Gasteiger partial charge in [0.2, 0.25) is 0 Å². The molecule has 8 nitrogen and oxygen atoms in total. The standard InChI is InChI=1S/C28H29N5O3/c1-4-33(3)26-9-7-21(15-24(26)29)36-27-10-5-19(13-18(27)2)32-28-23-14-20(35-22-11-12-34-16-22)6-8-25(23)30-17-31-28/h4-10,13-15,17,22H,1,11-12,16,29H2,2-3H3,(H,30,31,32)/t22-/m0/s1. The third-order valence-electron chi connectivity index (χ3n) is 6.12. The number of benzene rings is 3. The first kappa shape index (κ1) is 23.4. The monoisotopic (exact) mass is 483 g/mol. The lowest BCUT2D eigenvalue weighted by Crippen LogP contribution is -2.15. The van der Waals surface area contributed by atoms with E-state index in [2.05, 4.69) is 21.9 Å². The van der Waals surface area contributed by atoms with Crippen LogP contribution in [0, 0.1) is 6.92 Å². The van der Waals surface area contributed by atoms with E-state index in [4.69, 9.17) is 19.9 Å². The number of hydrogen-bond acceptors (Lipinski definition) is 8. The molecule has 1 aliphatic rings. The summed E-state index contributed by atoms with van der Waals surface area (Å²) in [6, 6.07) is 17.4. The normalized spacial score (nSPS) is 15.0. The average molecular weight is 484 g/mol. The number of aromatic nitrogens is 2. The summed E-state index contributed by atoms with van der Waals surface area (Å²) in [6.07, 6.45) is 4.23. The smallest absolute Gasteiger partial charge is 0.141 e. The zero-order chi connectivity index (χ0) is 25.1. The van der Waals surface area contributed by atoms with Crippen molar-refractivity contribution in [3.63, 3.8) is 0 Å². The molecule has 0 bridgehead atoms. The second-order valence-corrected chi connectivity index (χ2v) is 8.73. The highest BCUT2D eigenvalue weighted by atomic mass is 16.5. The third-order valence-corrected chi connectivity index (χ3v) is 6.12. The summed E-state index contributed by atoms with van der Waals surface area (Å²) in [6.45, 7) is 7.12. The Morgan fingerprint density at radius 3 is 2.72 bits per heavy atom. The summed E-state index contributed by atoms with van der Waals surface area (Å²) < 4.78 is 17.6. The first-order chi connectivity index (χ1) is 17.5. The third kappa shape index (κ3) is 5.04. The molecule has 1 aliphatic heterocycles. The fraction of sp³-hybridized carbons (Fsp3) is 0.214. The molecule has 0 radical (unpaired) electrons. The number of nitrogens with zero attached hydrogens (tertiary/aromatic N) is 3. The van der Waals surface area contributed by atoms with Gasteiger partial charge in [-0.1, -0.05) is 6.58 Å². The minimum Gasteiger partial charge on any atom is -0.488 e. The van der Waals surface area contributed by atoms with E-state index in [1.165, 1.54) is 0 Å². The van der Waals surface area contributed by atoms with Crippen molar-refractivity contribution < 1.29 is 14.2 Å². The Balaban J connectivity index is 1.34. The fourth-order valence-corrected chi connectivity index (χ4v) is 4.13. The molecule has 184 valence electrons. The highest BCUT2D eigenvalue weighted by Crippen LogP contribution is 2.33.